The minimum atomic E-state index is -0.425. The molecule has 2 rings (SSSR count). The molecule has 0 bridgehead atoms. The smallest absolute Gasteiger partial charge is 0.178 e. The Kier molecular flexibility index (Phi) is 3.54. The van der Waals surface area contributed by atoms with E-state index >= 15 is 0 Å². The summed E-state index contributed by atoms with van der Waals surface area (Å²) in [6.45, 7) is 5.11. The zero-order chi connectivity index (χ0) is 12.6. The number of aromatic nitrogens is 2. The maximum absolute atomic E-state index is 13.3. The Morgan fingerprint density at radius 3 is 2.88 bits per heavy atom. The lowest BCUT2D eigenvalue weighted by molar-refractivity contribution is 0.473. The summed E-state index contributed by atoms with van der Waals surface area (Å²) in [5, 5.41) is 0.129. The number of benzene rings is 1. The predicted octanol–water partition coefficient (Wildman–Crippen LogP) is 4.54. The van der Waals surface area contributed by atoms with Crippen molar-refractivity contribution >= 4 is 34.9 Å². The molecule has 0 aliphatic rings. The van der Waals surface area contributed by atoms with Gasteiger partial charge in [0.15, 0.2) is 4.77 Å². The zero-order valence-electron chi connectivity index (χ0n) is 9.76. The summed E-state index contributed by atoms with van der Waals surface area (Å²) >= 11 is 11.1. The molecule has 0 amide bonds. The fraction of sp³-hybridized carbons (Fsp3) is 0.417. The van der Waals surface area contributed by atoms with Crippen molar-refractivity contribution in [2.75, 3.05) is 0 Å². The Morgan fingerprint density at radius 2 is 2.24 bits per heavy atom. The van der Waals surface area contributed by atoms with Crippen molar-refractivity contribution in [1.29, 1.82) is 0 Å². The number of rotatable bonds is 3. The van der Waals surface area contributed by atoms with Crippen molar-refractivity contribution in [3.8, 4) is 0 Å². The highest BCUT2D eigenvalue weighted by molar-refractivity contribution is 7.71. The average Bonchev–Trinajstić information content (AvgIpc) is 2.56. The van der Waals surface area contributed by atoms with E-state index in [0.717, 1.165) is 18.5 Å². The lowest BCUT2D eigenvalue weighted by Gasteiger charge is -2.10. The highest BCUT2D eigenvalue weighted by Gasteiger charge is 2.10. The van der Waals surface area contributed by atoms with Crippen molar-refractivity contribution in [3.63, 3.8) is 0 Å². The van der Waals surface area contributed by atoms with Gasteiger partial charge in [0.1, 0.15) is 5.82 Å². The molecule has 0 aliphatic carbocycles. The van der Waals surface area contributed by atoms with Crippen LogP contribution in [0, 0.1) is 16.5 Å². The number of nitrogens with one attached hydrogen (secondary N) is 1. The van der Waals surface area contributed by atoms with E-state index in [-0.39, 0.29) is 5.02 Å². The molecule has 5 heteroatoms. The van der Waals surface area contributed by atoms with E-state index in [9.17, 15) is 4.39 Å². The van der Waals surface area contributed by atoms with Crippen LogP contribution < -0.4 is 0 Å². The minimum Gasteiger partial charge on any atom is -0.330 e. The number of hydrogen-bond donors (Lipinski definition) is 1. The van der Waals surface area contributed by atoms with Gasteiger partial charge in [0.05, 0.1) is 16.1 Å². The van der Waals surface area contributed by atoms with Gasteiger partial charge in [0.25, 0.3) is 0 Å². The number of hydrogen-bond acceptors (Lipinski definition) is 1. The first-order valence-corrected chi connectivity index (χ1v) is 6.39. The molecule has 0 saturated heterocycles. The molecule has 1 N–H and O–H groups in total. The summed E-state index contributed by atoms with van der Waals surface area (Å²) in [6.07, 6.45) is 1.07. The quantitative estimate of drug-likeness (QED) is 0.814. The van der Waals surface area contributed by atoms with Gasteiger partial charge < -0.3 is 9.55 Å². The van der Waals surface area contributed by atoms with E-state index in [1.165, 1.54) is 6.07 Å². The number of H-pyrrole nitrogens is 1. The van der Waals surface area contributed by atoms with Gasteiger partial charge >= 0.3 is 0 Å². The Balaban J connectivity index is 2.58. The van der Waals surface area contributed by atoms with Gasteiger partial charge in [-0.1, -0.05) is 31.9 Å². The molecule has 92 valence electrons. The molecule has 2 aromatic rings. The van der Waals surface area contributed by atoms with E-state index < -0.39 is 5.82 Å². The van der Waals surface area contributed by atoms with Gasteiger partial charge in [0, 0.05) is 12.6 Å². The van der Waals surface area contributed by atoms with Crippen LogP contribution in [-0.2, 0) is 6.54 Å². The highest BCUT2D eigenvalue weighted by Crippen LogP contribution is 2.23. The molecule has 0 fully saturated rings. The number of fused-ring (bicyclic) bond motifs is 1. The van der Waals surface area contributed by atoms with Crippen LogP contribution in [0.1, 0.15) is 20.3 Å². The monoisotopic (exact) mass is 272 g/mol. The summed E-state index contributed by atoms with van der Waals surface area (Å²) in [5.74, 6) is 0.0932. The third-order valence-electron chi connectivity index (χ3n) is 3.01. The maximum Gasteiger partial charge on any atom is 0.178 e. The third kappa shape index (κ3) is 2.38. The summed E-state index contributed by atoms with van der Waals surface area (Å²) < 4.78 is 15.9. The second-order valence-electron chi connectivity index (χ2n) is 4.34. The number of nitrogens with zero attached hydrogens (tertiary/aromatic N) is 1. The van der Waals surface area contributed by atoms with Crippen molar-refractivity contribution in [3.05, 3.63) is 27.7 Å². The molecule has 1 aromatic heterocycles. The van der Waals surface area contributed by atoms with Crippen LogP contribution >= 0.6 is 23.8 Å². The molecular formula is C12H14ClFN2S. The molecular weight excluding hydrogens is 259 g/mol. The van der Waals surface area contributed by atoms with Gasteiger partial charge in [-0.05, 0) is 24.2 Å². The summed E-state index contributed by atoms with van der Waals surface area (Å²) in [7, 11) is 0. The van der Waals surface area contributed by atoms with E-state index in [1.54, 1.807) is 6.07 Å². The fourth-order valence-corrected chi connectivity index (χ4v) is 2.21. The summed E-state index contributed by atoms with van der Waals surface area (Å²) in [5.41, 5.74) is 1.56. The van der Waals surface area contributed by atoms with Crippen LogP contribution in [0.3, 0.4) is 0 Å². The normalized spacial score (nSPS) is 13.2. The first-order valence-electron chi connectivity index (χ1n) is 5.60. The van der Waals surface area contributed by atoms with Crippen LogP contribution in [0.2, 0.25) is 5.02 Å². The molecule has 0 spiro atoms. The first kappa shape index (κ1) is 12.6. The molecule has 1 atom stereocenters. The van der Waals surface area contributed by atoms with Crippen molar-refractivity contribution in [2.45, 2.75) is 26.8 Å². The maximum atomic E-state index is 13.3. The van der Waals surface area contributed by atoms with E-state index in [2.05, 4.69) is 18.8 Å². The summed E-state index contributed by atoms with van der Waals surface area (Å²) in [6, 6.07) is 3.02. The number of imidazole rings is 1. The highest BCUT2D eigenvalue weighted by atomic mass is 35.5. The predicted molar refractivity (Wildman–Crippen MR) is 71.5 cm³/mol. The molecule has 0 radical (unpaired) electrons. The topological polar surface area (TPSA) is 20.7 Å². The molecule has 0 aliphatic heterocycles. The largest absolute Gasteiger partial charge is 0.330 e. The molecule has 1 aromatic carbocycles. The van der Waals surface area contributed by atoms with Gasteiger partial charge in [0.2, 0.25) is 0 Å². The van der Waals surface area contributed by atoms with Crippen LogP contribution in [-0.4, -0.2) is 9.55 Å². The second-order valence-corrected chi connectivity index (χ2v) is 5.13. The average molecular weight is 273 g/mol. The van der Waals surface area contributed by atoms with Crippen LogP contribution in [0.25, 0.3) is 11.0 Å². The van der Waals surface area contributed by atoms with Crippen molar-refractivity contribution < 1.29 is 4.39 Å². The van der Waals surface area contributed by atoms with E-state index in [0.29, 0.717) is 16.2 Å². The first-order chi connectivity index (χ1) is 8.02. The molecule has 0 saturated carbocycles. The molecule has 1 unspecified atom stereocenters. The van der Waals surface area contributed by atoms with Crippen LogP contribution in [0.15, 0.2) is 12.1 Å². The van der Waals surface area contributed by atoms with E-state index in [4.69, 9.17) is 23.8 Å². The third-order valence-corrected chi connectivity index (χ3v) is 3.62. The van der Waals surface area contributed by atoms with Crippen LogP contribution in [0.4, 0.5) is 4.39 Å². The SMILES string of the molecule is CCC(C)Cn1c(=S)[nH]c2cc(F)c(Cl)cc21. The van der Waals surface area contributed by atoms with Gasteiger partial charge in [-0.25, -0.2) is 4.39 Å². The van der Waals surface area contributed by atoms with Gasteiger partial charge in [-0.15, -0.1) is 0 Å². The Bertz CT molecular complexity index is 602. The molecule has 1 heterocycles. The van der Waals surface area contributed by atoms with Crippen molar-refractivity contribution in [1.82, 2.24) is 9.55 Å². The molecule has 2 nitrogen and oxygen atoms in total. The zero-order valence-corrected chi connectivity index (χ0v) is 11.3. The van der Waals surface area contributed by atoms with E-state index in [1.807, 2.05) is 4.57 Å². The lowest BCUT2D eigenvalue weighted by Crippen LogP contribution is -2.06. The number of halogens is 2. The summed E-state index contributed by atoms with van der Waals surface area (Å²) in [4.78, 5) is 3.00. The van der Waals surface area contributed by atoms with Gasteiger partial charge in [-0.3, -0.25) is 0 Å². The van der Waals surface area contributed by atoms with Gasteiger partial charge in [-0.2, -0.15) is 0 Å². The Morgan fingerprint density at radius 1 is 1.53 bits per heavy atom. The fourth-order valence-electron chi connectivity index (χ4n) is 1.77. The van der Waals surface area contributed by atoms with Crippen LogP contribution in [0.5, 0.6) is 0 Å². The van der Waals surface area contributed by atoms with Crippen molar-refractivity contribution in [2.24, 2.45) is 5.92 Å². The Labute approximate surface area is 109 Å². The molecule has 17 heavy (non-hydrogen) atoms. The number of aromatic amines is 1. The standard InChI is InChI=1S/C12H14ClFN2S/c1-3-7(2)6-16-11-4-8(13)9(14)5-10(11)15-12(16)17/h4-5,7H,3,6H2,1-2H3,(H,15,17). The second kappa shape index (κ2) is 4.78. The Hall–Kier alpha value is -0.870. The minimum absolute atomic E-state index is 0.129. The lowest BCUT2D eigenvalue weighted by atomic mass is 10.1.